The zero-order chi connectivity index (χ0) is 16.4. The lowest BCUT2D eigenvalue weighted by Crippen LogP contribution is -2.22. The smallest absolute Gasteiger partial charge is 0.270 e. The number of aryl methyl sites for hydroxylation is 1. The number of nitrogens with zero attached hydrogens (tertiary/aromatic N) is 4. The number of hydrogen-bond acceptors (Lipinski definition) is 6. The van der Waals surface area contributed by atoms with Gasteiger partial charge in [-0.15, -0.1) is 0 Å². The second-order valence-corrected chi connectivity index (χ2v) is 5.31. The highest BCUT2D eigenvalue weighted by Gasteiger charge is 2.22. The highest BCUT2D eigenvalue weighted by atomic mass is 16.6. The van der Waals surface area contributed by atoms with Crippen LogP contribution in [0.15, 0.2) is 52.7 Å². The summed E-state index contributed by atoms with van der Waals surface area (Å²) in [7, 11) is 0. The van der Waals surface area contributed by atoms with E-state index < -0.39 is 4.92 Å². The Balaban J connectivity index is 1.99. The summed E-state index contributed by atoms with van der Waals surface area (Å²) in [6.07, 6.45) is 3.96. The summed E-state index contributed by atoms with van der Waals surface area (Å²) in [5, 5.41) is 11.0. The van der Waals surface area contributed by atoms with E-state index in [1.807, 2.05) is 19.1 Å². The van der Waals surface area contributed by atoms with Crippen molar-refractivity contribution in [2.24, 2.45) is 15.7 Å². The molecule has 1 aromatic carbocycles. The summed E-state index contributed by atoms with van der Waals surface area (Å²) < 4.78 is 0. The minimum absolute atomic E-state index is 0.0345. The normalized spacial score (nSPS) is 17.3. The maximum atomic E-state index is 11.0. The number of guanidine groups is 1. The van der Waals surface area contributed by atoms with Crippen molar-refractivity contribution < 1.29 is 4.92 Å². The lowest BCUT2D eigenvalue weighted by atomic mass is 9.94. The van der Waals surface area contributed by atoms with Gasteiger partial charge in [-0.1, -0.05) is 12.1 Å². The Morgan fingerprint density at radius 2 is 2.17 bits per heavy atom. The van der Waals surface area contributed by atoms with E-state index in [9.17, 15) is 10.1 Å². The van der Waals surface area contributed by atoms with Crippen LogP contribution in [0.4, 0.5) is 5.69 Å². The van der Waals surface area contributed by atoms with Gasteiger partial charge in [0.05, 0.1) is 16.7 Å². The Bertz CT molecular complexity index is 814. The lowest BCUT2D eigenvalue weighted by Gasteiger charge is -2.20. The first-order chi connectivity index (χ1) is 11.0. The fourth-order valence-corrected chi connectivity index (χ4v) is 2.57. The molecule has 1 unspecified atom stereocenters. The van der Waals surface area contributed by atoms with Gasteiger partial charge in [-0.05, 0) is 24.1 Å². The number of non-ortho nitro benzene ring substituents is 1. The van der Waals surface area contributed by atoms with Gasteiger partial charge in [0.1, 0.15) is 0 Å². The molecule has 7 nitrogen and oxygen atoms in total. The van der Waals surface area contributed by atoms with Crippen LogP contribution in [0.2, 0.25) is 0 Å². The molecule has 1 aliphatic heterocycles. The van der Waals surface area contributed by atoms with Crippen LogP contribution >= 0.6 is 0 Å². The Morgan fingerprint density at radius 1 is 1.35 bits per heavy atom. The number of pyridine rings is 1. The summed E-state index contributed by atoms with van der Waals surface area (Å²) in [6.45, 7) is 1.89. The third-order valence-corrected chi connectivity index (χ3v) is 3.74. The molecule has 0 radical (unpaired) electrons. The van der Waals surface area contributed by atoms with Crippen molar-refractivity contribution in [3.8, 4) is 0 Å². The standard InChI is InChI=1S/C16H15N5O2/c1-10-4-5-12(21(22)23)7-13(10)15-8-14(19-16(17)20-15)11-3-2-6-18-9-11/h2-7,9,14H,8H2,1H3,(H2,17,19). The fourth-order valence-electron chi connectivity index (χ4n) is 2.57. The SMILES string of the molecule is Cc1ccc([N+](=O)[O-])cc1C1=NC(N)=NC(c2cccnc2)C1. The van der Waals surface area contributed by atoms with Crippen molar-refractivity contribution in [2.45, 2.75) is 19.4 Å². The van der Waals surface area contributed by atoms with Gasteiger partial charge in [-0.25, -0.2) is 9.98 Å². The maximum absolute atomic E-state index is 11.0. The van der Waals surface area contributed by atoms with Crippen molar-refractivity contribution in [1.82, 2.24) is 4.98 Å². The molecular formula is C16H15N5O2. The summed E-state index contributed by atoms with van der Waals surface area (Å²) in [5.41, 5.74) is 9.16. The largest absolute Gasteiger partial charge is 0.368 e. The molecule has 2 aromatic rings. The molecule has 116 valence electrons. The quantitative estimate of drug-likeness (QED) is 0.694. The molecule has 1 aromatic heterocycles. The number of aromatic nitrogens is 1. The molecule has 0 bridgehead atoms. The number of nitro benzene ring substituents is 1. The molecule has 0 saturated carbocycles. The Morgan fingerprint density at radius 3 is 2.87 bits per heavy atom. The van der Waals surface area contributed by atoms with Crippen molar-refractivity contribution in [1.29, 1.82) is 0 Å². The molecule has 23 heavy (non-hydrogen) atoms. The number of aliphatic imine (C=N–C) groups is 2. The van der Waals surface area contributed by atoms with E-state index in [1.54, 1.807) is 18.5 Å². The van der Waals surface area contributed by atoms with E-state index in [1.165, 1.54) is 12.1 Å². The predicted molar refractivity (Wildman–Crippen MR) is 87.6 cm³/mol. The molecule has 0 fully saturated rings. The van der Waals surface area contributed by atoms with Crippen molar-refractivity contribution >= 4 is 17.4 Å². The van der Waals surface area contributed by atoms with Gasteiger partial charge >= 0.3 is 0 Å². The van der Waals surface area contributed by atoms with Crippen LogP contribution in [0.25, 0.3) is 0 Å². The summed E-state index contributed by atoms with van der Waals surface area (Å²) in [4.78, 5) is 23.3. The van der Waals surface area contributed by atoms with E-state index >= 15 is 0 Å². The minimum Gasteiger partial charge on any atom is -0.368 e. The van der Waals surface area contributed by atoms with Crippen LogP contribution in [-0.2, 0) is 0 Å². The third kappa shape index (κ3) is 3.08. The van der Waals surface area contributed by atoms with Crippen molar-refractivity contribution in [3.05, 3.63) is 69.5 Å². The number of hydrogen-bond donors (Lipinski definition) is 1. The minimum atomic E-state index is -0.414. The highest BCUT2D eigenvalue weighted by molar-refractivity contribution is 6.09. The molecule has 7 heteroatoms. The van der Waals surface area contributed by atoms with Crippen LogP contribution < -0.4 is 5.73 Å². The first kappa shape index (κ1) is 14.8. The van der Waals surface area contributed by atoms with E-state index in [0.717, 1.165) is 16.7 Å². The van der Waals surface area contributed by atoms with Crippen LogP contribution in [0.5, 0.6) is 0 Å². The molecule has 1 atom stereocenters. The topological polar surface area (TPSA) is 107 Å². The molecule has 2 heterocycles. The van der Waals surface area contributed by atoms with E-state index in [4.69, 9.17) is 5.73 Å². The summed E-state index contributed by atoms with van der Waals surface area (Å²) >= 11 is 0. The molecule has 0 amide bonds. The Kier molecular flexibility index (Phi) is 3.84. The monoisotopic (exact) mass is 309 g/mol. The summed E-state index contributed by atoms with van der Waals surface area (Å²) in [6, 6.07) is 8.32. The highest BCUT2D eigenvalue weighted by Crippen LogP contribution is 2.28. The molecule has 0 saturated heterocycles. The molecule has 1 aliphatic rings. The van der Waals surface area contributed by atoms with E-state index in [0.29, 0.717) is 12.1 Å². The van der Waals surface area contributed by atoms with Crippen LogP contribution in [0.3, 0.4) is 0 Å². The molecule has 3 rings (SSSR count). The lowest BCUT2D eigenvalue weighted by molar-refractivity contribution is -0.384. The van der Waals surface area contributed by atoms with Gasteiger partial charge in [-0.2, -0.15) is 0 Å². The van der Waals surface area contributed by atoms with E-state index in [2.05, 4.69) is 15.0 Å². The second kappa shape index (κ2) is 5.96. The van der Waals surface area contributed by atoms with Gasteiger partial charge in [-0.3, -0.25) is 15.1 Å². The van der Waals surface area contributed by atoms with Gasteiger partial charge < -0.3 is 5.73 Å². The number of rotatable bonds is 3. The Labute approximate surface area is 132 Å². The van der Waals surface area contributed by atoms with Crippen molar-refractivity contribution in [2.75, 3.05) is 0 Å². The first-order valence-electron chi connectivity index (χ1n) is 7.11. The van der Waals surface area contributed by atoms with Crippen LogP contribution in [0, 0.1) is 17.0 Å². The number of benzene rings is 1. The number of nitro groups is 1. The Hall–Kier alpha value is -3.09. The number of nitrogens with two attached hydrogens (primary N) is 1. The second-order valence-electron chi connectivity index (χ2n) is 5.31. The fraction of sp³-hybridized carbons (Fsp3) is 0.188. The van der Waals surface area contributed by atoms with Gasteiger partial charge in [0.25, 0.3) is 5.69 Å². The van der Waals surface area contributed by atoms with Crippen LogP contribution in [-0.4, -0.2) is 21.6 Å². The molecule has 0 spiro atoms. The molecule has 2 N–H and O–H groups in total. The van der Waals surface area contributed by atoms with Gasteiger partial charge in [0.2, 0.25) is 5.96 Å². The summed E-state index contributed by atoms with van der Waals surface area (Å²) in [5.74, 6) is 0.172. The molecule has 0 aliphatic carbocycles. The predicted octanol–water partition coefficient (Wildman–Crippen LogP) is 2.55. The van der Waals surface area contributed by atoms with Gasteiger partial charge in [0.15, 0.2) is 0 Å². The third-order valence-electron chi connectivity index (χ3n) is 3.74. The average Bonchev–Trinajstić information content (AvgIpc) is 2.55. The maximum Gasteiger partial charge on any atom is 0.270 e. The zero-order valence-electron chi connectivity index (χ0n) is 12.5. The first-order valence-corrected chi connectivity index (χ1v) is 7.11. The average molecular weight is 309 g/mol. The zero-order valence-corrected chi connectivity index (χ0v) is 12.5. The molecular weight excluding hydrogens is 294 g/mol. The van der Waals surface area contributed by atoms with Crippen LogP contribution in [0.1, 0.15) is 29.2 Å². The van der Waals surface area contributed by atoms with E-state index in [-0.39, 0.29) is 17.7 Å². The van der Waals surface area contributed by atoms with Crippen molar-refractivity contribution in [3.63, 3.8) is 0 Å². The van der Waals surface area contributed by atoms with Gasteiger partial charge in [0, 0.05) is 36.5 Å².